The second kappa shape index (κ2) is 16.9. The normalized spacial score (nSPS) is 10.7. The number of pyridine rings is 1. The first-order chi connectivity index (χ1) is 21.9. The molecular formula is C38H41NO6. The van der Waals surface area contributed by atoms with E-state index in [0.717, 1.165) is 32.1 Å². The van der Waals surface area contributed by atoms with E-state index in [1.807, 2.05) is 37.3 Å². The molecule has 0 bridgehead atoms. The summed E-state index contributed by atoms with van der Waals surface area (Å²) in [5.74, 6) is -0.480. The van der Waals surface area contributed by atoms with Crippen LogP contribution in [0.4, 0.5) is 0 Å². The summed E-state index contributed by atoms with van der Waals surface area (Å²) in [7, 11) is 0. The third-order valence-electron chi connectivity index (χ3n) is 7.38. The van der Waals surface area contributed by atoms with Crippen molar-refractivity contribution in [2.24, 2.45) is 0 Å². The van der Waals surface area contributed by atoms with Gasteiger partial charge in [-0.15, -0.1) is 0 Å². The van der Waals surface area contributed by atoms with Gasteiger partial charge in [0.25, 0.3) is 0 Å². The lowest BCUT2D eigenvalue weighted by atomic mass is 9.97. The summed E-state index contributed by atoms with van der Waals surface area (Å²) in [6.07, 6.45) is 7.27. The minimum Gasteiger partial charge on any atom is -0.462 e. The number of aryl methyl sites for hydroxylation is 1. The fourth-order valence-corrected chi connectivity index (χ4v) is 4.99. The van der Waals surface area contributed by atoms with Crippen molar-refractivity contribution in [3.63, 3.8) is 0 Å². The number of unbranched alkanes of at least 4 members (excludes halogenated alkanes) is 5. The van der Waals surface area contributed by atoms with Crippen LogP contribution < -0.4 is 9.47 Å². The van der Waals surface area contributed by atoms with E-state index >= 15 is 0 Å². The molecule has 0 atom stereocenters. The molecule has 0 unspecified atom stereocenters. The lowest BCUT2D eigenvalue weighted by Crippen LogP contribution is -2.20. The molecule has 1 heterocycles. The number of esters is 2. The predicted octanol–water partition coefficient (Wildman–Crippen LogP) is 9.10. The third-order valence-corrected chi connectivity index (χ3v) is 7.38. The maximum absolute atomic E-state index is 14.0. The van der Waals surface area contributed by atoms with Gasteiger partial charge in [-0.1, -0.05) is 101 Å². The van der Waals surface area contributed by atoms with Gasteiger partial charge in [-0.2, -0.15) is 0 Å². The number of aromatic nitrogens is 1. The highest BCUT2D eigenvalue weighted by molar-refractivity contribution is 6.11. The summed E-state index contributed by atoms with van der Waals surface area (Å²) in [6.45, 7) is 5.99. The van der Waals surface area contributed by atoms with Gasteiger partial charge >= 0.3 is 11.9 Å². The number of benzene rings is 3. The largest absolute Gasteiger partial charge is 0.462 e. The molecule has 4 aromatic rings. The quantitative estimate of drug-likeness (QED) is 0.0712. The van der Waals surface area contributed by atoms with Gasteiger partial charge < -0.3 is 14.2 Å². The Labute approximate surface area is 265 Å². The minimum atomic E-state index is -0.646. The Hall–Kier alpha value is -4.78. The van der Waals surface area contributed by atoms with Gasteiger partial charge in [0, 0.05) is 5.56 Å². The van der Waals surface area contributed by atoms with E-state index in [4.69, 9.17) is 19.2 Å². The topological polar surface area (TPSA) is 91.8 Å². The van der Waals surface area contributed by atoms with Gasteiger partial charge in [-0.3, -0.25) is 4.79 Å². The molecule has 7 nitrogen and oxygen atoms in total. The molecule has 3 aromatic carbocycles. The van der Waals surface area contributed by atoms with E-state index in [-0.39, 0.29) is 35.0 Å². The standard InChI is InChI=1S/C38H41NO6/c1-4-6-7-8-9-16-25-43-38(42)33-27(3)34(35(40)29-21-17-24-31(26-29)44-30-22-14-11-15-23-30)39-32(18-5-2)36(33)45-37(41)28-19-12-10-13-20-28/h10-15,17,19-24,26H,4-9,16,18,25H2,1-3H3. The number of rotatable bonds is 16. The summed E-state index contributed by atoms with van der Waals surface area (Å²) in [5, 5.41) is 0. The molecule has 0 saturated heterocycles. The fourth-order valence-electron chi connectivity index (χ4n) is 4.99. The van der Waals surface area contributed by atoms with Crippen molar-refractivity contribution in [2.45, 2.75) is 72.1 Å². The highest BCUT2D eigenvalue weighted by Crippen LogP contribution is 2.32. The molecule has 234 valence electrons. The van der Waals surface area contributed by atoms with Crippen LogP contribution in [0.15, 0.2) is 84.9 Å². The smallest absolute Gasteiger partial charge is 0.343 e. The number of carbonyl (C=O) groups is 3. The summed E-state index contributed by atoms with van der Waals surface area (Å²) in [4.78, 5) is 45.5. The molecule has 0 N–H and O–H groups in total. The maximum Gasteiger partial charge on any atom is 0.343 e. The van der Waals surface area contributed by atoms with Crippen LogP contribution >= 0.6 is 0 Å². The molecule has 0 radical (unpaired) electrons. The van der Waals surface area contributed by atoms with Gasteiger partial charge in [0.15, 0.2) is 5.75 Å². The fraction of sp³-hybridized carbons (Fsp3) is 0.316. The van der Waals surface area contributed by atoms with Crippen LogP contribution in [0.25, 0.3) is 0 Å². The molecule has 0 aliphatic carbocycles. The van der Waals surface area contributed by atoms with Crippen LogP contribution in [0.3, 0.4) is 0 Å². The molecule has 0 aliphatic heterocycles. The van der Waals surface area contributed by atoms with Gasteiger partial charge in [0.2, 0.25) is 5.78 Å². The van der Waals surface area contributed by atoms with Gasteiger partial charge in [-0.25, -0.2) is 14.6 Å². The molecular weight excluding hydrogens is 566 g/mol. The lowest BCUT2D eigenvalue weighted by molar-refractivity contribution is 0.0490. The van der Waals surface area contributed by atoms with Crippen molar-refractivity contribution in [1.82, 2.24) is 4.98 Å². The summed E-state index contributed by atoms with van der Waals surface area (Å²) >= 11 is 0. The number of carbonyl (C=O) groups excluding carboxylic acids is 3. The number of para-hydroxylation sites is 1. The third kappa shape index (κ3) is 9.11. The molecule has 4 rings (SSSR count). The Kier molecular flexibility index (Phi) is 12.4. The zero-order valence-corrected chi connectivity index (χ0v) is 26.3. The Morgan fingerprint density at radius 2 is 1.33 bits per heavy atom. The Bertz CT molecular complexity index is 1580. The van der Waals surface area contributed by atoms with E-state index in [9.17, 15) is 14.4 Å². The number of ether oxygens (including phenoxy) is 3. The number of ketones is 1. The van der Waals surface area contributed by atoms with Crippen molar-refractivity contribution in [3.8, 4) is 17.2 Å². The Balaban J connectivity index is 1.69. The van der Waals surface area contributed by atoms with Gasteiger partial charge in [0.05, 0.1) is 17.9 Å². The lowest BCUT2D eigenvalue weighted by Gasteiger charge is -2.18. The second-order valence-electron chi connectivity index (χ2n) is 10.9. The SMILES string of the molecule is CCCCCCCCOC(=O)c1c(C)c(C(=O)c2cccc(Oc3ccccc3)c2)nc(CCC)c1OC(=O)c1ccccc1. The average molecular weight is 608 g/mol. The first-order valence-electron chi connectivity index (χ1n) is 15.8. The zero-order valence-electron chi connectivity index (χ0n) is 26.3. The monoisotopic (exact) mass is 607 g/mol. The minimum absolute atomic E-state index is 0.0360. The second-order valence-corrected chi connectivity index (χ2v) is 10.9. The van der Waals surface area contributed by atoms with E-state index in [1.165, 1.54) is 6.42 Å². The van der Waals surface area contributed by atoms with Crippen LogP contribution in [0.5, 0.6) is 17.2 Å². The van der Waals surface area contributed by atoms with Crippen LogP contribution in [-0.4, -0.2) is 29.3 Å². The molecule has 7 heteroatoms. The summed E-state index contributed by atoms with van der Waals surface area (Å²) in [5.41, 5.74) is 1.46. The van der Waals surface area contributed by atoms with Gasteiger partial charge in [-0.05, 0) is 61.7 Å². The van der Waals surface area contributed by atoms with Crippen LogP contribution in [0, 0.1) is 6.92 Å². The first-order valence-corrected chi connectivity index (χ1v) is 15.8. The van der Waals surface area contributed by atoms with E-state index in [0.29, 0.717) is 41.2 Å². The molecule has 0 saturated carbocycles. The van der Waals surface area contributed by atoms with Crippen molar-refractivity contribution in [1.29, 1.82) is 0 Å². The van der Waals surface area contributed by atoms with Crippen molar-refractivity contribution in [2.75, 3.05) is 6.61 Å². The molecule has 45 heavy (non-hydrogen) atoms. The highest BCUT2D eigenvalue weighted by Gasteiger charge is 2.29. The highest BCUT2D eigenvalue weighted by atomic mass is 16.5. The molecule has 0 aliphatic rings. The van der Waals surface area contributed by atoms with Crippen molar-refractivity contribution in [3.05, 3.63) is 119 Å². The summed E-state index contributed by atoms with van der Waals surface area (Å²) < 4.78 is 17.5. The molecule has 0 fully saturated rings. The summed E-state index contributed by atoms with van der Waals surface area (Å²) in [6, 6.07) is 24.7. The average Bonchev–Trinajstić information content (AvgIpc) is 3.06. The van der Waals surface area contributed by atoms with Crippen LogP contribution in [0.1, 0.15) is 107 Å². The first kappa shape index (κ1) is 33.1. The Morgan fingerprint density at radius 1 is 0.689 bits per heavy atom. The maximum atomic E-state index is 14.0. The van der Waals surface area contributed by atoms with Crippen molar-refractivity contribution < 1.29 is 28.6 Å². The van der Waals surface area contributed by atoms with Crippen LogP contribution in [-0.2, 0) is 11.2 Å². The zero-order chi connectivity index (χ0) is 32.0. The van der Waals surface area contributed by atoms with Crippen molar-refractivity contribution >= 4 is 17.7 Å². The molecule has 0 amide bonds. The van der Waals surface area contributed by atoms with E-state index < -0.39 is 11.9 Å². The van der Waals surface area contributed by atoms with E-state index in [1.54, 1.807) is 61.5 Å². The molecule has 1 aromatic heterocycles. The van der Waals surface area contributed by atoms with E-state index in [2.05, 4.69) is 6.92 Å². The number of hydrogen-bond acceptors (Lipinski definition) is 7. The predicted molar refractivity (Wildman–Crippen MR) is 174 cm³/mol. The van der Waals surface area contributed by atoms with Gasteiger partial charge in [0.1, 0.15) is 22.8 Å². The number of nitrogens with zero attached hydrogens (tertiary/aromatic N) is 1. The van der Waals surface area contributed by atoms with Crippen LogP contribution in [0.2, 0.25) is 0 Å². The Morgan fingerprint density at radius 3 is 2.04 bits per heavy atom. The molecule has 0 spiro atoms. The number of hydrogen-bond donors (Lipinski definition) is 0.